The molecule has 16 heavy (non-hydrogen) atoms. The third-order valence-electron chi connectivity index (χ3n) is 2.54. The Labute approximate surface area is 93.8 Å². The van der Waals surface area contributed by atoms with Crippen LogP contribution in [0.15, 0.2) is 12.4 Å². The summed E-state index contributed by atoms with van der Waals surface area (Å²) in [7, 11) is 0. The highest BCUT2D eigenvalue weighted by Crippen LogP contribution is 2.06. The van der Waals surface area contributed by atoms with Crippen LogP contribution in [0.3, 0.4) is 0 Å². The van der Waals surface area contributed by atoms with Crippen LogP contribution >= 0.6 is 0 Å². The van der Waals surface area contributed by atoms with Crippen molar-refractivity contribution in [2.75, 3.05) is 13.2 Å². The first-order chi connectivity index (χ1) is 7.75. The van der Waals surface area contributed by atoms with E-state index >= 15 is 0 Å². The number of H-pyrrole nitrogens is 1. The van der Waals surface area contributed by atoms with Crippen molar-refractivity contribution in [1.29, 1.82) is 0 Å². The molecule has 1 aliphatic heterocycles. The van der Waals surface area contributed by atoms with Crippen LogP contribution in [0, 0.1) is 0 Å². The highest BCUT2D eigenvalue weighted by molar-refractivity contribution is 5.74. The van der Waals surface area contributed by atoms with Crippen LogP contribution in [-0.4, -0.2) is 35.3 Å². The van der Waals surface area contributed by atoms with E-state index in [4.69, 9.17) is 4.74 Å². The average molecular weight is 224 g/mol. The summed E-state index contributed by atoms with van der Waals surface area (Å²) >= 11 is 0. The van der Waals surface area contributed by atoms with Crippen molar-refractivity contribution in [3.05, 3.63) is 18.2 Å². The minimum atomic E-state index is -0.181. The van der Waals surface area contributed by atoms with Gasteiger partial charge in [-0.2, -0.15) is 0 Å². The number of imidazole rings is 1. The van der Waals surface area contributed by atoms with Crippen LogP contribution in [0.1, 0.15) is 25.2 Å². The normalized spacial score (nSPS) is 21.7. The fraction of sp³-hybridized carbons (Fsp3) is 0.600. The molecule has 1 saturated heterocycles. The summed E-state index contributed by atoms with van der Waals surface area (Å²) in [6.45, 7) is 3.20. The molecule has 3 N–H and O–H groups in total. The second-order valence-electron chi connectivity index (χ2n) is 3.87. The van der Waals surface area contributed by atoms with Crippen molar-refractivity contribution in [1.82, 2.24) is 20.6 Å². The number of amides is 2. The number of aromatic amines is 1. The number of urea groups is 1. The molecule has 2 rings (SSSR count). The van der Waals surface area contributed by atoms with Gasteiger partial charge in [-0.25, -0.2) is 9.78 Å². The molecule has 0 bridgehead atoms. The third kappa shape index (κ3) is 2.73. The molecule has 6 nitrogen and oxygen atoms in total. The molecule has 2 amide bonds. The van der Waals surface area contributed by atoms with Crippen molar-refractivity contribution in [2.24, 2.45) is 0 Å². The van der Waals surface area contributed by atoms with Gasteiger partial charge in [-0.15, -0.1) is 0 Å². The van der Waals surface area contributed by atoms with Gasteiger partial charge in [0.25, 0.3) is 0 Å². The van der Waals surface area contributed by atoms with Crippen LogP contribution in [-0.2, 0) is 4.74 Å². The highest BCUT2D eigenvalue weighted by Gasteiger charge is 2.19. The van der Waals surface area contributed by atoms with E-state index in [1.54, 1.807) is 12.4 Å². The van der Waals surface area contributed by atoms with Gasteiger partial charge in [0.05, 0.1) is 18.7 Å². The molecule has 0 spiro atoms. The van der Waals surface area contributed by atoms with Crippen LogP contribution in [0.25, 0.3) is 0 Å². The molecule has 0 radical (unpaired) electrons. The monoisotopic (exact) mass is 224 g/mol. The number of carbonyl (C=O) groups is 1. The van der Waals surface area contributed by atoms with Gasteiger partial charge in [0.2, 0.25) is 0 Å². The topological polar surface area (TPSA) is 79.0 Å². The Kier molecular flexibility index (Phi) is 3.40. The number of nitrogens with zero attached hydrogens (tertiary/aromatic N) is 1. The lowest BCUT2D eigenvalue weighted by atomic mass is 10.3. The van der Waals surface area contributed by atoms with Gasteiger partial charge in [-0.1, -0.05) is 0 Å². The maximum Gasteiger partial charge on any atom is 0.315 e. The summed E-state index contributed by atoms with van der Waals surface area (Å²) in [5, 5.41) is 5.66. The molecular weight excluding hydrogens is 208 g/mol. The Balaban J connectivity index is 1.78. The predicted molar refractivity (Wildman–Crippen MR) is 57.9 cm³/mol. The van der Waals surface area contributed by atoms with E-state index in [1.807, 2.05) is 6.92 Å². The smallest absolute Gasteiger partial charge is 0.315 e. The van der Waals surface area contributed by atoms with Gasteiger partial charge in [-0.3, -0.25) is 0 Å². The number of rotatable bonds is 3. The summed E-state index contributed by atoms with van der Waals surface area (Å²) in [4.78, 5) is 18.6. The number of hydrogen-bond donors (Lipinski definition) is 3. The van der Waals surface area contributed by atoms with Crippen LogP contribution in [0.2, 0.25) is 0 Å². The average Bonchev–Trinajstić information content (AvgIpc) is 2.88. The van der Waals surface area contributed by atoms with Gasteiger partial charge in [0.1, 0.15) is 5.82 Å². The lowest BCUT2D eigenvalue weighted by Gasteiger charge is -2.15. The van der Waals surface area contributed by atoms with E-state index in [-0.39, 0.29) is 18.1 Å². The Morgan fingerprint density at radius 3 is 3.25 bits per heavy atom. The molecule has 0 saturated carbocycles. The van der Waals surface area contributed by atoms with E-state index in [2.05, 4.69) is 20.6 Å². The maximum absolute atomic E-state index is 11.6. The highest BCUT2D eigenvalue weighted by atomic mass is 16.5. The quantitative estimate of drug-likeness (QED) is 0.702. The standard InChI is InChI=1S/C10H16N4O2/c1-7(9-11-3-4-12-9)13-10(15)14-8-2-5-16-6-8/h3-4,7-8H,2,5-6H2,1H3,(H,11,12)(H2,13,14,15). The molecule has 6 heteroatoms. The van der Waals surface area contributed by atoms with E-state index in [0.717, 1.165) is 18.9 Å². The molecule has 0 aromatic carbocycles. The number of nitrogens with one attached hydrogen (secondary N) is 3. The van der Waals surface area contributed by atoms with Gasteiger partial charge in [0, 0.05) is 19.0 Å². The van der Waals surface area contributed by atoms with Gasteiger partial charge < -0.3 is 20.4 Å². The molecular formula is C10H16N4O2. The van der Waals surface area contributed by atoms with Crippen molar-refractivity contribution in [2.45, 2.75) is 25.4 Å². The minimum absolute atomic E-state index is 0.127. The molecule has 2 heterocycles. The molecule has 88 valence electrons. The molecule has 1 fully saturated rings. The Bertz CT molecular complexity index is 333. The van der Waals surface area contributed by atoms with Crippen molar-refractivity contribution in [3.63, 3.8) is 0 Å². The Morgan fingerprint density at radius 1 is 1.75 bits per heavy atom. The lowest BCUT2D eigenvalue weighted by Crippen LogP contribution is -2.43. The molecule has 2 atom stereocenters. The second kappa shape index (κ2) is 4.98. The Hall–Kier alpha value is -1.56. The van der Waals surface area contributed by atoms with Gasteiger partial charge in [-0.05, 0) is 13.3 Å². The van der Waals surface area contributed by atoms with Crippen LogP contribution < -0.4 is 10.6 Å². The first-order valence-electron chi connectivity index (χ1n) is 5.40. The summed E-state index contributed by atoms with van der Waals surface area (Å²) in [6, 6.07) is -0.180. The zero-order valence-corrected chi connectivity index (χ0v) is 9.19. The summed E-state index contributed by atoms with van der Waals surface area (Å²) in [5.74, 6) is 0.748. The van der Waals surface area contributed by atoms with Crippen molar-refractivity contribution >= 4 is 6.03 Å². The van der Waals surface area contributed by atoms with E-state index in [9.17, 15) is 4.79 Å². The number of aromatic nitrogens is 2. The van der Waals surface area contributed by atoms with Crippen LogP contribution in [0.4, 0.5) is 4.79 Å². The number of ether oxygens (including phenoxy) is 1. The SMILES string of the molecule is CC(NC(=O)NC1CCOC1)c1ncc[nH]1. The van der Waals surface area contributed by atoms with Gasteiger partial charge >= 0.3 is 6.03 Å². The van der Waals surface area contributed by atoms with E-state index in [0.29, 0.717) is 6.61 Å². The van der Waals surface area contributed by atoms with Crippen molar-refractivity contribution < 1.29 is 9.53 Å². The minimum Gasteiger partial charge on any atom is -0.379 e. The van der Waals surface area contributed by atoms with Crippen LogP contribution in [0.5, 0.6) is 0 Å². The Morgan fingerprint density at radius 2 is 2.62 bits per heavy atom. The van der Waals surface area contributed by atoms with Gasteiger partial charge in [0.15, 0.2) is 0 Å². The van der Waals surface area contributed by atoms with Crippen molar-refractivity contribution in [3.8, 4) is 0 Å². The number of carbonyl (C=O) groups excluding carboxylic acids is 1. The molecule has 1 aromatic rings. The summed E-state index contributed by atoms with van der Waals surface area (Å²) in [5.41, 5.74) is 0. The molecule has 2 unspecified atom stereocenters. The first kappa shape index (κ1) is 10.9. The van der Waals surface area contributed by atoms with E-state index < -0.39 is 0 Å². The molecule has 1 aliphatic rings. The third-order valence-corrected chi connectivity index (χ3v) is 2.54. The fourth-order valence-electron chi connectivity index (χ4n) is 1.65. The summed E-state index contributed by atoms with van der Waals surface area (Å²) in [6.07, 6.45) is 4.27. The zero-order valence-electron chi connectivity index (χ0n) is 9.19. The zero-order chi connectivity index (χ0) is 11.4. The summed E-state index contributed by atoms with van der Waals surface area (Å²) < 4.78 is 5.17. The fourth-order valence-corrected chi connectivity index (χ4v) is 1.65. The molecule has 0 aliphatic carbocycles. The predicted octanol–water partition coefficient (Wildman–Crippen LogP) is 0.559. The lowest BCUT2D eigenvalue weighted by molar-refractivity contribution is 0.188. The van der Waals surface area contributed by atoms with E-state index in [1.165, 1.54) is 0 Å². The molecule has 1 aromatic heterocycles. The first-order valence-corrected chi connectivity index (χ1v) is 5.40. The number of hydrogen-bond acceptors (Lipinski definition) is 3. The maximum atomic E-state index is 11.6. The largest absolute Gasteiger partial charge is 0.379 e. The second-order valence-corrected chi connectivity index (χ2v) is 3.87.